The van der Waals surface area contributed by atoms with Gasteiger partial charge in [-0.3, -0.25) is 9.59 Å². The van der Waals surface area contributed by atoms with Gasteiger partial charge in [0.2, 0.25) is 0 Å². The monoisotopic (exact) mass is 341 g/mol. The molecule has 1 fully saturated rings. The molecule has 2 aliphatic rings. The molecule has 7 heteroatoms. The van der Waals surface area contributed by atoms with E-state index < -0.39 is 0 Å². The summed E-state index contributed by atoms with van der Waals surface area (Å²) >= 11 is 0. The Labute approximate surface area is 145 Å². The van der Waals surface area contributed by atoms with E-state index in [1.807, 2.05) is 0 Å². The molecule has 0 N–H and O–H groups in total. The van der Waals surface area contributed by atoms with Crippen molar-refractivity contribution in [2.45, 2.75) is 38.6 Å². The van der Waals surface area contributed by atoms with Crippen molar-refractivity contribution < 1.29 is 0 Å². The molecule has 4 rings (SSSR count). The smallest absolute Gasteiger partial charge is 0.267 e. The molecule has 0 bridgehead atoms. The van der Waals surface area contributed by atoms with Gasteiger partial charge in [0.15, 0.2) is 0 Å². The summed E-state index contributed by atoms with van der Waals surface area (Å²) in [4.78, 5) is 30.5. The maximum Gasteiger partial charge on any atom is 0.267 e. The van der Waals surface area contributed by atoms with Crippen LogP contribution in [0.3, 0.4) is 0 Å². The molecule has 7 nitrogen and oxygen atoms in total. The molecule has 132 valence electrons. The number of aromatic nitrogens is 4. The first-order valence-corrected chi connectivity index (χ1v) is 8.98. The lowest BCUT2D eigenvalue weighted by molar-refractivity contribution is 0.333. The van der Waals surface area contributed by atoms with Gasteiger partial charge in [-0.25, -0.2) is 9.67 Å². The van der Waals surface area contributed by atoms with Gasteiger partial charge in [-0.05, 0) is 43.6 Å². The minimum atomic E-state index is -0.0407. The average molecular weight is 341 g/mol. The highest BCUT2D eigenvalue weighted by molar-refractivity contribution is 5.37. The Hall–Kier alpha value is -2.44. The number of nitrogens with zero attached hydrogens (tertiary/aromatic N) is 5. The number of hydrogen-bond acceptors (Lipinski definition) is 5. The van der Waals surface area contributed by atoms with E-state index in [1.165, 1.54) is 4.57 Å². The third-order valence-electron chi connectivity index (χ3n) is 5.36. The van der Waals surface area contributed by atoms with E-state index in [2.05, 4.69) is 15.0 Å². The largest absolute Gasteiger partial charge is 0.356 e. The molecule has 0 spiro atoms. The van der Waals surface area contributed by atoms with Crippen molar-refractivity contribution in [1.29, 1.82) is 0 Å². The first kappa shape index (κ1) is 16.1. The van der Waals surface area contributed by atoms with Crippen LogP contribution in [0.1, 0.15) is 30.5 Å². The highest BCUT2D eigenvalue weighted by Gasteiger charge is 2.22. The van der Waals surface area contributed by atoms with Crippen molar-refractivity contribution in [3.63, 3.8) is 0 Å². The van der Waals surface area contributed by atoms with Crippen LogP contribution < -0.4 is 16.0 Å². The first-order valence-electron chi connectivity index (χ1n) is 8.98. The lowest BCUT2D eigenvalue weighted by Gasteiger charge is -2.32. The number of aryl methyl sites for hydroxylation is 3. The molecule has 0 unspecified atom stereocenters. The normalized spacial score (nSPS) is 17.7. The Morgan fingerprint density at radius 2 is 1.92 bits per heavy atom. The standard InChI is InChI=1S/C18H23N5O2/c1-21-12-19-16(10-17(21)24)22-7-5-13(6-8-22)11-23-18(25)9-14-3-2-4-15(14)20-23/h9-10,12-13H,2-8,11H2,1H3. The van der Waals surface area contributed by atoms with Crippen molar-refractivity contribution in [1.82, 2.24) is 19.3 Å². The highest BCUT2D eigenvalue weighted by atomic mass is 16.1. The van der Waals surface area contributed by atoms with E-state index in [4.69, 9.17) is 0 Å². The summed E-state index contributed by atoms with van der Waals surface area (Å²) in [5.74, 6) is 1.18. The minimum absolute atomic E-state index is 0.0244. The van der Waals surface area contributed by atoms with Gasteiger partial charge in [-0.1, -0.05) is 0 Å². The molecular formula is C18H23N5O2. The maximum absolute atomic E-state index is 12.3. The topological polar surface area (TPSA) is 73.0 Å². The summed E-state index contributed by atoms with van der Waals surface area (Å²) in [5.41, 5.74) is 2.21. The van der Waals surface area contributed by atoms with Gasteiger partial charge in [-0.15, -0.1) is 0 Å². The van der Waals surface area contributed by atoms with Gasteiger partial charge in [0.1, 0.15) is 5.82 Å². The van der Waals surface area contributed by atoms with Crippen LogP contribution in [-0.4, -0.2) is 32.4 Å². The summed E-state index contributed by atoms with van der Waals surface area (Å²) in [6.45, 7) is 2.39. The molecule has 0 aromatic carbocycles. The van der Waals surface area contributed by atoms with Gasteiger partial charge in [0, 0.05) is 38.8 Å². The lowest BCUT2D eigenvalue weighted by Crippen LogP contribution is -2.38. The second-order valence-corrected chi connectivity index (χ2v) is 7.12. The Kier molecular flexibility index (Phi) is 4.15. The molecular weight excluding hydrogens is 318 g/mol. The van der Waals surface area contributed by atoms with Crippen LogP contribution >= 0.6 is 0 Å². The van der Waals surface area contributed by atoms with Gasteiger partial charge < -0.3 is 9.47 Å². The van der Waals surface area contributed by atoms with E-state index in [0.717, 1.165) is 62.3 Å². The number of anilines is 1. The minimum Gasteiger partial charge on any atom is -0.356 e. The molecule has 0 radical (unpaired) electrons. The summed E-state index contributed by atoms with van der Waals surface area (Å²) in [7, 11) is 1.70. The van der Waals surface area contributed by atoms with Gasteiger partial charge in [0.25, 0.3) is 11.1 Å². The third-order valence-corrected chi connectivity index (χ3v) is 5.36. The van der Waals surface area contributed by atoms with Crippen LogP contribution in [0.25, 0.3) is 0 Å². The summed E-state index contributed by atoms with van der Waals surface area (Å²) in [6, 6.07) is 3.36. The lowest BCUT2D eigenvalue weighted by atomic mass is 9.97. The number of fused-ring (bicyclic) bond motifs is 1. The average Bonchev–Trinajstić information content (AvgIpc) is 3.05. The van der Waals surface area contributed by atoms with Crippen molar-refractivity contribution in [3.05, 3.63) is 50.4 Å². The molecule has 2 aromatic rings. The zero-order chi connectivity index (χ0) is 17.4. The van der Waals surface area contributed by atoms with Gasteiger partial charge >= 0.3 is 0 Å². The van der Waals surface area contributed by atoms with Crippen LogP contribution in [-0.2, 0) is 26.4 Å². The van der Waals surface area contributed by atoms with Crippen LogP contribution in [0.2, 0.25) is 0 Å². The molecule has 1 saturated heterocycles. The summed E-state index contributed by atoms with van der Waals surface area (Å²) in [6.07, 6.45) is 6.60. The molecule has 25 heavy (non-hydrogen) atoms. The van der Waals surface area contributed by atoms with Crippen LogP contribution in [0.4, 0.5) is 5.82 Å². The van der Waals surface area contributed by atoms with Crippen molar-refractivity contribution >= 4 is 5.82 Å². The zero-order valence-corrected chi connectivity index (χ0v) is 14.5. The number of rotatable bonds is 3. The van der Waals surface area contributed by atoms with Crippen molar-refractivity contribution in [2.24, 2.45) is 13.0 Å². The second-order valence-electron chi connectivity index (χ2n) is 7.12. The van der Waals surface area contributed by atoms with Crippen molar-refractivity contribution in [2.75, 3.05) is 18.0 Å². The van der Waals surface area contributed by atoms with E-state index >= 15 is 0 Å². The predicted octanol–water partition coefficient (Wildman–Crippen LogP) is 0.742. The van der Waals surface area contributed by atoms with Gasteiger partial charge in [-0.2, -0.15) is 5.10 Å². The Morgan fingerprint density at radius 3 is 2.68 bits per heavy atom. The van der Waals surface area contributed by atoms with Gasteiger partial charge in [0.05, 0.1) is 12.0 Å². The van der Waals surface area contributed by atoms with E-state index in [9.17, 15) is 9.59 Å². The van der Waals surface area contributed by atoms with Crippen LogP contribution in [0.5, 0.6) is 0 Å². The van der Waals surface area contributed by atoms with Crippen LogP contribution in [0, 0.1) is 5.92 Å². The zero-order valence-electron chi connectivity index (χ0n) is 14.5. The first-order chi connectivity index (χ1) is 12.1. The molecule has 2 aromatic heterocycles. The fourth-order valence-electron chi connectivity index (χ4n) is 3.78. The van der Waals surface area contributed by atoms with Crippen molar-refractivity contribution in [3.8, 4) is 0 Å². The second kappa shape index (κ2) is 6.46. The quantitative estimate of drug-likeness (QED) is 0.823. The number of hydrogen-bond donors (Lipinski definition) is 0. The van der Waals surface area contributed by atoms with Crippen LogP contribution in [0.15, 0.2) is 28.0 Å². The summed E-state index contributed by atoms with van der Waals surface area (Å²) in [5, 5.41) is 4.58. The Morgan fingerprint density at radius 1 is 1.12 bits per heavy atom. The molecule has 1 aliphatic heterocycles. The Bertz CT molecular complexity index is 893. The molecule has 0 atom stereocenters. The molecule has 1 aliphatic carbocycles. The predicted molar refractivity (Wildman–Crippen MR) is 94.9 cm³/mol. The Balaban J connectivity index is 1.42. The fraction of sp³-hybridized carbons (Fsp3) is 0.556. The molecule has 0 amide bonds. The SMILES string of the molecule is Cn1cnc(N2CCC(Cn3nc4c(cc3=O)CCC4)CC2)cc1=O. The van der Waals surface area contributed by atoms with E-state index in [-0.39, 0.29) is 11.1 Å². The third kappa shape index (κ3) is 3.23. The molecule has 3 heterocycles. The number of piperidine rings is 1. The molecule has 0 saturated carbocycles. The van der Waals surface area contributed by atoms with E-state index in [1.54, 1.807) is 30.2 Å². The highest BCUT2D eigenvalue weighted by Crippen LogP contribution is 2.22. The summed E-state index contributed by atoms with van der Waals surface area (Å²) < 4.78 is 3.13. The maximum atomic E-state index is 12.3. The fourth-order valence-corrected chi connectivity index (χ4v) is 3.78. The van der Waals surface area contributed by atoms with E-state index in [0.29, 0.717) is 12.5 Å².